The van der Waals surface area contributed by atoms with E-state index < -0.39 is 23.7 Å². The molecule has 3 rings (SSSR count). The third-order valence-electron chi connectivity index (χ3n) is 4.71. The van der Waals surface area contributed by atoms with Gasteiger partial charge in [0, 0.05) is 17.7 Å². The van der Waals surface area contributed by atoms with Gasteiger partial charge in [-0.25, -0.2) is 18.6 Å². The Balaban J connectivity index is 2.13. The number of hydrogen-bond donors (Lipinski definition) is 0. The minimum atomic E-state index is -1.07. The summed E-state index contributed by atoms with van der Waals surface area (Å²) in [4.78, 5) is 18.1. The van der Waals surface area contributed by atoms with Crippen molar-refractivity contribution in [2.45, 2.75) is 26.8 Å². The molecule has 0 N–H and O–H groups in total. The first kappa shape index (κ1) is 22.3. The van der Waals surface area contributed by atoms with Gasteiger partial charge >= 0.3 is 5.97 Å². The monoisotopic (exact) mass is 428 g/mol. The van der Waals surface area contributed by atoms with E-state index in [9.17, 15) is 18.0 Å². The predicted molar refractivity (Wildman–Crippen MR) is 113 cm³/mol. The van der Waals surface area contributed by atoms with Crippen LogP contribution in [0, 0.1) is 17.6 Å². The second kappa shape index (κ2) is 9.64. The Bertz CT molecular complexity index is 1030. The van der Waals surface area contributed by atoms with Crippen LogP contribution in [0.3, 0.4) is 0 Å². The van der Waals surface area contributed by atoms with Crippen LogP contribution < -0.4 is 0 Å². The molecule has 162 valence electrons. The predicted octanol–water partition coefficient (Wildman–Crippen LogP) is 5.79. The number of halogens is 3. The van der Waals surface area contributed by atoms with Crippen molar-refractivity contribution in [1.82, 2.24) is 4.90 Å². The zero-order chi connectivity index (χ0) is 22.5. The molecule has 1 heterocycles. The van der Waals surface area contributed by atoms with E-state index in [-0.39, 0.29) is 18.3 Å². The molecule has 1 unspecified atom stereocenters. The van der Waals surface area contributed by atoms with Crippen LogP contribution in [-0.2, 0) is 9.53 Å². The van der Waals surface area contributed by atoms with Crippen molar-refractivity contribution in [3.05, 3.63) is 89.4 Å². The summed E-state index contributed by atoms with van der Waals surface area (Å²) < 4.78 is 46.2. The van der Waals surface area contributed by atoms with Gasteiger partial charge in [-0.2, -0.15) is 4.39 Å². The van der Waals surface area contributed by atoms with Crippen LogP contribution in [0.2, 0.25) is 0 Å². The van der Waals surface area contributed by atoms with Crippen molar-refractivity contribution in [3.8, 4) is 0 Å². The number of carbonyl (C=O) groups excluding carboxylic acids is 1. The highest BCUT2D eigenvalue weighted by Gasteiger charge is 2.29. The maximum absolute atomic E-state index is 14.6. The molecule has 0 spiro atoms. The molecule has 31 heavy (non-hydrogen) atoms. The average molecular weight is 428 g/mol. The average Bonchev–Trinajstić information content (AvgIpc) is 2.75. The molecule has 1 aliphatic rings. The fraction of sp³-hybridized carbons (Fsp3) is 0.250. The number of rotatable bonds is 6. The van der Waals surface area contributed by atoms with E-state index in [0.29, 0.717) is 22.7 Å². The van der Waals surface area contributed by atoms with Crippen LogP contribution in [0.25, 0.3) is 5.70 Å². The molecule has 1 atom stereocenters. The van der Waals surface area contributed by atoms with E-state index in [1.165, 1.54) is 29.2 Å². The van der Waals surface area contributed by atoms with Gasteiger partial charge in [0.05, 0.1) is 18.3 Å². The zero-order valence-electron chi connectivity index (χ0n) is 17.5. The number of aliphatic imine (C=N–C) groups is 1. The van der Waals surface area contributed by atoms with E-state index >= 15 is 0 Å². The van der Waals surface area contributed by atoms with Crippen LogP contribution in [0.15, 0.2) is 71.6 Å². The smallest absolute Gasteiger partial charge is 0.368 e. The number of hydrogen-bond acceptors (Lipinski definition) is 4. The van der Waals surface area contributed by atoms with Crippen LogP contribution >= 0.6 is 0 Å². The Hall–Kier alpha value is -3.35. The van der Waals surface area contributed by atoms with Gasteiger partial charge in [-0.3, -0.25) is 0 Å². The zero-order valence-corrected chi connectivity index (χ0v) is 17.5. The third-order valence-corrected chi connectivity index (χ3v) is 4.71. The number of carbonyl (C=O) groups is 1. The number of esters is 1. The first-order valence-corrected chi connectivity index (χ1v) is 9.94. The molecular weight excluding hydrogens is 405 g/mol. The summed E-state index contributed by atoms with van der Waals surface area (Å²) in [5, 5.41) is 0. The Labute approximate surface area is 179 Å². The summed E-state index contributed by atoms with van der Waals surface area (Å²) in [6, 6.07) is 11.1. The van der Waals surface area contributed by atoms with Crippen molar-refractivity contribution in [3.63, 3.8) is 0 Å². The molecule has 0 saturated heterocycles. The largest absolute Gasteiger partial charge is 0.461 e. The Morgan fingerprint density at radius 3 is 2.23 bits per heavy atom. The number of benzene rings is 2. The summed E-state index contributed by atoms with van der Waals surface area (Å²) >= 11 is 0. The SMILES string of the molecule is CCOC(=O)/C(F)=C/N1C(C(C)C)=NC(c2ccc(F)cc2)=CC1c1ccc(F)cc1. The molecule has 0 fully saturated rings. The molecule has 1 aliphatic heterocycles. The first-order chi connectivity index (χ1) is 14.8. The minimum Gasteiger partial charge on any atom is -0.461 e. The number of amidine groups is 1. The van der Waals surface area contributed by atoms with Crippen molar-refractivity contribution in [1.29, 1.82) is 0 Å². The normalized spacial score (nSPS) is 16.8. The van der Waals surface area contributed by atoms with E-state index in [0.717, 1.165) is 6.20 Å². The molecule has 2 aromatic carbocycles. The highest BCUT2D eigenvalue weighted by Crippen LogP contribution is 2.35. The quantitative estimate of drug-likeness (QED) is 0.432. The molecule has 0 saturated carbocycles. The van der Waals surface area contributed by atoms with Crippen LogP contribution in [0.1, 0.15) is 37.9 Å². The van der Waals surface area contributed by atoms with Gasteiger partial charge in [0.25, 0.3) is 0 Å². The van der Waals surface area contributed by atoms with Crippen molar-refractivity contribution >= 4 is 17.5 Å². The standard InChI is InChI=1S/C24H23F3N2O2/c1-4-31-24(30)20(27)14-29-22(17-7-11-19(26)12-8-17)13-21(28-23(29)15(2)3)16-5-9-18(25)10-6-16/h5-15,22H,4H2,1-3H3/b20-14-. The summed E-state index contributed by atoms with van der Waals surface area (Å²) in [5.41, 5.74) is 1.92. The van der Waals surface area contributed by atoms with Gasteiger partial charge in [-0.15, -0.1) is 0 Å². The number of ether oxygens (including phenoxy) is 1. The summed E-state index contributed by atoms with van der Waals surface area (Å²) in [7, 11) is 0. The second-order valence-corrected chi connectivity index (χ2v) is 7.28. The summed E-state index contributed by atoms with van der Waals surface area (Å²) in [6.07, 6.45) is 2.82. The molecule has 2 aromatic rings. The van der Waals surface area contributed by atoms with Gasteiger partial charge in [0.15, 0.2) is 0 Å². The molecule has 0 aliphatic carbocycles. The van der Waals surface area contributed by atoms with Crippen molar-refractivity contribution in [2.24, 2.45) is 10.9 Å². The maximum Gasteiger partial charge on any atom is 0.368 e. The minimum absolute atomic E-state index is 0.0429. The first-order valence-electron chi connectivity index (χ1n) is 9.94. The molecule has 0 amide bonds. The topological polar surface area (TPSA) is 41.9 Å². The van der Waals surface area contributed by atoms with E-state index in [2.05, 4.69) is 4.99 Å². The van der Waals surface area contributed by atoms with E-state index in [1.807, 2.05) is 13.8 Å². The fourth-order valence-electron chi connectivity index (χ4n) is 3.24. The highest BCUT2D eigenvalue weighted by atomic mass is 19.1. The lowest BCUT2D eigenvalue weighted by atomic mass is 9.98. The van der Waals surface area contributed by atoms with Crippen LogP contribution in [0.4, 0.5) is 13.2 Å². The van der Waals surface area contributed by atoms with Crippen LogP contribution in [0.5, 0.6) is 0 Å². The lowest BCUT2D eigenvalue weighted by Crippen LogP contribution is -2.36. The lowest BCUT2D eigenvalue weighted by molar-refractivity contribution is -0.140. The molecule has 0 bridgehead atoms. The van der Waals surface area contributed by atoms with Gasteiger partial charge in [0.2, 0.25) is 5.83 Å². The van der Waals surface area contributed by atoms with E-state index in [4.69, 9.17) is 4.74 Å². The lowest BCUT2D eigenvalue weighted by Gasteiger charge is -2.35. The molecule has 0 radical (unpaired) electrons. The van der Waals surface area contributed by atoms with Gasteiger partial charge in [-0.1, -0.05) is 26.0 Å². The molecule has 0 aromatic heterocycles. The van der Waals surface area contributed by atoms with Crippen LogP contribution in [-0.4, -0.2) is 23.3 Å². The Kier molecular flexibility index (Phi) is 6.95. The fourth-order valence-corrected chi connectivity index (χ4v) is 3.24. The Morgan fingerprint density at radius 1 is 1.10 bits per heavy atom. The third kappa shape index (κ3) is 5.23. The molecular formula is C24H23F3N2O2. The van der Waals surface area contributed by atoms with Crippen molar-refractivity contribution < 1.29 is 22.7 Å². The molecule has 4 nitrogen and oxygen atoms in total. The van der Waals surface area contributed by atoms with E-state index in [1.54, 1.807) is 37.3 Å². The highest BCUT2D eigenvalue weighted by molar-refractivity contribution is 5.94. The summed E-state index contributed by atoms with van der Waals surface area (Å²) in [6.45, 7) is 5.40. The number of nitrogens with zero attached hydrogens (tertiary/aromatic N) is 2. The second-order valence-electron chi connectivity index (χ2n) is 7.28. The molecule has 7 heteroatoms. The summed E-state index contributed by atoms with van der Waals surface area (Å²) in [5.74, 6) is -2.56. The Morgan fingerprint density at radius 2 is 1.68 bits per heavy atom. The van der Waals surface area contributed by atoms with Gasteiger partial charge in [0.1, 0.15) is 17.5 Å². The van der Waals surface area contributed by atoms with Crippen molar-refractivity contribution in [2.75, 3.05) is 6.61 Å². The maximum atomic E-state index is 14.6. The van der Waals surface area contributed by atoms with Gasteiger partial charge < -0.3 is 9.64 Å². The van der Waals surface area contributed by atoms with Gasteiger partial charge in [-0.05, 0) is 55.0 Å².